The third kappa shape index (κ3) is 2.27. The molecule has 0 bridgehead atoms. The molecule has 0 aromatic rings. The molecule has 2 N–H and O–H groups in total. The Morgan fingerprint density at radius 3 is 2.91 bits per heavy atom. The molecule has 0 aliphatic heterocycles. The number of carbonyl (C=O) groups is 2. The van der Waals surface area contributed by atoms with E-state index in [2.05, 4.69) is 0 Å². The molecule has 11 heavy (non-hydrogen) atoms. The van der Waals surface area contributed by atoms with Gasteiger partial charge in [-0.2, -0.15) is 0 Å². The van der Waals surface area contributed by atoms with E-state index in [4.69, 9.17) is 5.73 Å². The molecular formula is C8H11NO2. The van der Waals surface area contributed by atoms with Gasteiger partial charge in [0.2, 0.25) is 0 Å². The van der Waals surface area contributed by atoms with E-state index in [1.807, 2.05) is 0 Å². The van der Waals surface area contributed by atoms with Crippen LogP contribution in [0.2, 0.25) is 0 Å². The van der Waals surface area contributed by atoms with E-state index >= 15 is 0 Å². The fraction of sp³-hybridized carbons (Fsp3) is 0.500. The van der Waals surface area contributed by atoms with Gasteiger partial charge in [-0.15, -0.1) is 0 Å². The lowest BCUT2D eigenvalue weighted by atomic mass is 10.0. The van der Waals surface area contributed by atoms with Crippen LogP contribution >= 0.6 is 0 Å². The van der Waals surface area contributed by atoms with Gasteiger partial charge >= 0.3 is 0 Å². The van der Waals surface area contributed by atoms with Gasteiger partial charge in [-0.05, 0) is 12.5 Å². The minimum atomic E-state index is -0.476. The lowest BCUT2D eigenvalue weighted by molar-refractivity contribution is -0.119. The van der Waals surface area contributed by atoms with Crippen LogP contribution in [0.25, 0.3) is 0 Å². The molecule has 3 nitrogen and oxygen atoms in total. The van der Waals surface area contributed by atoms with E-state index in [0.29, 0.717) is 19.3 Å². The zero-order chi connectivity index (χ0) is 8.27. The van der Waals surface area contributed by atoms with Crippen molar-refractivity contribution >= 4 is 11.6 Å². The van der Waals surface area contributed by atoms with Gasteiger partial charge < -0.3 is 5.73 Å². The second-order valence-corrected chi connectivity index (χ2v) is 2.69. The summed E-state index contributed by atoms with van der Waals surface area (Å²) in [6, 6.07) is -0.476. The van der Waals surface area contributed by atoms with E-state index in [9.17, 15) is 9.59 Å². The SMILES string of the molecule is NC1CCC(=O)C/C=C/C1=O. The molecule has 0 saturated heterocycles. The standard InChI is InChI=1S/C8H11NO2/c9-7-5-4-6(10)2-1-3-8(7)11/h1,3,7H,2,4-5,9H2/b3-1+. The first kappa shape index (κ1) is 8.14. The lowest BCUT2D eigenvalue weighted by Crippen LogP contribution is -2.30. The molecule has 3 heteroatoms. The number of allylic oxidation sites excluding steroid dienone is 1. The van der Waals surface area contributed by atoms with Gasteiger partial charge in [-0.3, -0.25) is 9.59 Å². The normalized spacial score (nSPS) is 29.4. The van der Waals surface area contributed by atoms with Crippen LogP contribution < -0.4 is 5.73 Å². The molecule has 1 rings (SSSR count). The number of rotatable bonds is 0. The number of Topliss-reactive ketones (excluding diaryl/α,β-unsaturated/α-hetero) is 1. The molecule has 0 aromatic carbocycles. The maximum absolute atomic E-state index is 11.0. The van der Waals surface area contributed by atoms with Crippen LogP contribution in [-0.2, 0) is 9.59 Å². The van der Waals surface area contributed by atoms with Crippen molar-refractivity contribution in [1.82, 2.24) is 0 Å². The van der Waals surface area contributed by atoms with Crippen LogP contribution in [0, 0.1) is 0 Å². The highest BCUT2D eigenvalue weighted by Crippen LogP contribution is 2.04. The summed E-state index contributed by atoms with van der Waals surface area (Å²) in [6.07, 6.45) is 4.28. The topological polar surface area (TPSA) is 60.2 Å². The highest BCUT2D eigenvalue weighted by Gasteiger charge is 2.14. The second-order valence-electron chi connectivity index (χ2n) is 2.69. The van der Waals surface area contributed by atoms with Crippen molar-refractivity contribution in [3.63, 3.8) is 0 Å². The zero-order valence-electron chi connectivity index (χ0n) is 6.25. The summed E-state index contributed by atoms with van der Waals surface area (Å²) in [6.45, 7) is 0. The van der Waals surface area contributed by atoms with E-state index < -0.39 is 6.04 Å². The van der Waals surface area contributed by atoms with Gasteiger partial charge in [-0.1, -0.05) is 6.08 Å². The summed E-state index contributed by atoms with van der Waals surface area (Å²) in [7, 11) is 0. The summed E-state index contributed by atoms with van der Waals surface area (Å²) in [4.78, 5) is 21.8. The molecule has 1 unspecified atom stereocenters. The largest absolute Gasteiger partial charge is 0.321 e. The number of hydrogen-bond acceptors (Lipinski definition) is 3. The van der Waals surface area contributed by atoms with Crippen molar-refractivity contribution in [2.24, 2.45) is 5.73 Å². The molecule has 0 fully saturated rings. The first-order valence-corrected chi connectivity index (χ1v) is 3.68. The van der Waals surface area contributed by atoms with Gasteiger partial charge in [0.15, 0.2) is 5.78 Å². The summed E-state index contributed by atoms with van der Waals surface area (Å²) >= 11 is 0. The Labute approximate surface area is 65.3 Å². The quantitative estimate of drug-likeness (QED) is 0.540. The Bertz CT molecular complexity index is 208. The number of nitrogens with two attached hydrogens (primary N) is 1. The fourth-order valence-corrected chi connectivity index (χ4v) is 0.991. The summed E-state index contributed by atoms with van der Waals surface area (Å²) in [5.41, 5.74) is 5.46. The maximum Gasteiger partial charge on any atom is 0.172 e. The van der Waals surface area contributed by atoms with E-state index in [1.54, 1.807) is 6.08 Å². The van der Waals surface area contributed by atoms with E-state index in [1.165, 1.54) is 6.08 Å². The molecule has 0 radical (unpaired) electrons. The fourth-order valence-electron chi connectivity index (χ4n) is 0.991. The molecule has 0 spiro atoms. The van der Waals surface area contributed by atoms with Crippen molar-refractivity contribution in [3.8, 4) is 0 Å². The van der Waals surface area contributed by atoms with Crippen LogP contribution in [0.4, 0.5) is 0 Å². The smallest absolute Gasteiger partial charge is 0.172 e. The predicted molar refractivity (Wildman–Crippen MR) is 41.0 cm³/mol. The highest BCUT2D eigenvalue weighted by molar-refractivity contribution is 5.96. The highest BCUT2D eigenvalue weighted by atomic mass is 16.1. The van der Waals surface area contributed by atoms with Gasteiger partial charge in [-0.25, -0.2) is 0 Å². The van der Waals surface area contributed by atoms with Crippen molar-refractivity contribution in [3.05, 3.63) is 12.2 Å². The first-order chi connectivity index (χ1) is 5.20. The van der Waals surface area contributed by atoms with Crippen molar-refractivity contribution in [2.45, 2.75) is 25.3 Å². The van der Waals surface area contributed by atoms with Gasteiger partial charge in [0.25, 0.3) is 0 Å². The number of hydrogen-bond donors (Lipinski definition) is 1. The van der Waals surface area contributed by atoms with Crippen molar-refractivity contribution in [1.29, 1.82) is 0 Å². The van der Waals surface area contributed by atoms with Crippen molar-refractivity contribution in [2.75, 3.05) is 0 Å². The first-order valence-electron chi connectivity index (χ1n) is 3.68. The third-order valence-electron chi connectivity index (χ3n) is 1.73. The Kier molecular flexibility index (Phi) is 2.54. The number of carbonyl (C=O) groups excluding carboxylic acids is 2. The zero-order valence-corrected chi connectivity index (χ0v) is 6.25. The Morgan fingerprint density at radius 2 is 2.18 bits per heavy atom. The Balaban J connectivity index is 2.65. The van der Waals surface area contributed by atoms with E-state index in [-0.39, 0.29) is 11.6 Å². The molecule has 60 valence electrons. The Hall–Kier alpha value is -0.960. The molecule has 0 saturated carbocycles. The predicted octanol–water partition coefficient (Wildman–Crippen LogP) is 0.192. The maximum atomic E-state index is 11.0. The molecule has 1 aliphatic rings. The molecule has 0 amide bonds. The lowest BCUT2D eigenvalue weighted by Gasteiger charge is -2.08. The number of ketones is 2. The van der Waals surface area contributed by atoms with Gasteiger partial charge in [0.1, 0.15) is 5.78 Å². The van der Waals surface area contributed by atoms with Crippen LogP contribution in [0.1, 0.15) is 19.3 Å². The van der Waals surface area contributed by atoms with Crippen molar-refractivity contribution < 1.29 is 9.59 Å². The second kappa shape index (κ2) is 3.44. The van der Waals surface area contributed by atoms with Gasteiger partial charge in [0.05, 0.1) is 6.04 Å². The van der Waals surface area contributed by atoms with Crippen LogP contribution in [-0.4, -0.2) is 17.6 Å². The van der Waals surface area contributed by atoms with Gasteiger partial charge in [0, 0.05) is 12.8 Å². The summed E-state index contributed by atoms with van der Waals surface area (Å²) < 4.78 is 0. The molecule has 1 aliphatic carbocycles. The minimum Gasteiger partial charge on any atom is -0.321 e. The summed E-state index contributed by atoms with van der Waals surface area (Å²) in [5, 5.41) is 0. The minimum absolute atomic E-state index is 0.0718. The molecule has 1 atom stereocenters. The third-order valence-corrected chi connectivity index (χ3v) is 1.73. The molecular weight excluding hydrogens is 142 g/mol. The Morgan fingerprint density at radius 1 is 1.45 bits per heavy atom. The molecule has 0 heterocycles. The average molecular weight is 153 g/mol. The summed E-state index contributed by atoms with van der Waals surface area (Å²) in [5.74, 6) is 0.0849. The van der Waals surface area contributed by atoms with Crippen LogP contribution in [0.3, 0.4) is 0 Å². The monoisotopic (exact) mass is 153 g/mol. The van der Waals surface area contributed by atoms with Crippen LogP contribution in [0.15, 0.2) is 12.2 Å². The van der Waals surface area contributed by atoms with E-state index in [0.717, 1.165) is 0 Å². The molecule has 0 aromatic heterocycles. The van der Waals surface area contributed by atoms with Crippen LogP contribution in [0.5, 0.6) is 0 Å². The average Bonchev–Trinajstić information content (AvgIpc) is 1.98.